The van der Waals surface area contributed by atoms with Crippen LogP contribution in [0.2, 0.25) is 0 Å². The molecular formula is C12H24N2O3. The Bertz CT molecular complexity index is 252. The summed E-state index contributed by atoms with van der Waals surface area (Å²) in [4.78, 5) is 22.1. The van der Waals surface area contributed by atoms with Gasteiger partial charge in [0, 0.05) is 12.0 Å². The Morgan fingerprint density at radius 1 is 1.18 bits per heavy atom. The van der Waals surface area contributed by atoms with Crippen molar-refractivity contribution in [3.63, 3.8) is 0 Å². The molecule has 0 aromatic carbocycles. The van der Waals surface area contributed by atoms with Crippen LogP contribution in [-0.4, -0.2) is 29.1 Å². The van der Waals surface area contributed by atoms with Gasteiger partial charge in [-0.3, -0.25) is 9.59 Å². The third kappa shape index (κ3) is 9.81. The molecule has 0 radical (unpaired) electrons. The van der Waals surface area contributed by atoms with E-state index >= 15 is 0 Å². The molecular weight excluding hydrogens is 220 g/mol. The summed E-state index contributed by atoms with van der Waals surface area (Å²) in [5.41, 5.74) is 4.68. The molecule has 0 saturated carbocycles. The third-order valence-corrected chi connectivity index (χ3v) is 2.43. The lowest BCUT2D eigenvalue weighted by atomic mass is 10.0. The molecule has 0 aromatic heterocycles. The Kier molecular flexibility index (Phi) is 7.54. The van der Waals surface area contributed by atoms with E-state index in [-0.39, 0.29) is 12.3 Å². The van der Waals surface area contributed by atoms with Crippen molar-refractivity contribution in [2.45, 2.75) is 57.9 Å². The zero-order chi connectivity index (χ0) is 13.3. The molecule has 0 heterocycles. The second kappa shape index (κ2) is 8.06. The monoisotopic (exact) mass is 244 g/mol. The zero-order valence-corrected chi connectivity index (χ0v) is 10.8. The van der Waals surface area contributed by atoms with Crippen molar-refractivity contribution in [3.8, 4) is 0 Å². The number of nitrogens with two attached hydrogens (primary N) is 1. The van der Waals surface area contributed by atoms with Gasteiger partial charge in [-0.15, -0.1) is 0 Å². The fourth-order valence-corrected chi connectivity index (χ4v) is 1.65. The van der Waals surface area contributed by atoms with Gasteiger partial charge in [-0.05, 0) is 33.2 Å². The van der Waals surface area contributed by atoms with Gasteiger partial charge in [-0.2, -0.15) is 0 Å². The molecule has 17 heavy (non-hydrogen) atoms. The minimum Gasteiger partial charge on any atom is -0.481 e. The molecule has 4 N–H and O–H groups in total. The van der Waals surface area contributed by atoms with Gasteiger partial charge in [0.15, 0.2) is 0 Å². The Morgan fingerprint density at radius 2 is 1.76 bits per heavy atom. The summed E-state index contributed by atoms with van der Waals surface area (Å²) in [6, 6.07) is 0. The fraction of sp³-hybridized carbons (Fsp3) is 0.833. The van der Waals surface area contributed by atoms with E-state index in [4.69, 9.17) is 10.8 Å². The maximum atomic E-state index is 11.5. The maximum Gasteiger partial charge on any atom is 0.305 e. The molecule has 0 rings (SSSR count). The van der Waals surface area contributed by atoms with Gasteiger partial charge in [0.1, 0.15) is 0 Å². The summed E-state index contributed by atoms with van der Waals surface area (Å²) >= 11 is 0. The molecule has 0 aromatic rings. The van der Waals surface area contributed by atoms with Crippen LogP contribution in [0.1, 0.15) is 52.4 Å². The number of amides is 1. The van der Waals surface area contributed by atoms with Gasteiger partial charge in [0.25, 0.3) is 0 Å². The number of hydrogen-bond donors (Lipinski definition) is 3. The predicted molar refractivity (Wildman–Crippen MR) is 66.6 cm³/mol. The highest BCUT2D eigenvalue weighted by Gasteiger charge is 2.23. The highest BCUT2D eigenvalue weighted by Crippen LogP contribution is 2.09. The Morgan fingerprint density at radius 3 is 2.29 bits per heavy atom. The summed E-state index contributed by atoms with van der Waals surface area (Å²) in [5, 5.41) is 11.4. The van der Waals surface area contributed by atoms with Crippen molar-refractivity contribution < 1.29 is 14.7 Å². The van der Waals surface area contributed by atoms with Crippen molar-refractivity contribution in [2.24, 2.45) is 5.73 Å². The minimum atomic E-state index is -0.904. The van der Waals surface area contributed by atoms with Crippen molar-refractivity contribution in [1.29, 1.82) is 0 Å². The predicted octanol–water partition coefficient (Wildman–Crippen LogP) is 1.27. The molecule has 0 aliphatic carbocycles. The normalized spacial score (nSPS) is 11.2. The molecule has 0 aliphatic rings. The van der Waals surface area contributed by atoms with E-state index in [1.54, 1.807) is 13.8 Å². The summed E-state index contributed by atoms with van der Waals surface area (Å²) in [6.45, 7) is 4.12. The Balaban J connectivity index is 3.73. The summed E-state index contributed by atoms with van der Waals surface area (Å²) in [6.07, 6.45) is 4.24. The van der Waals surface area contributed by atoms with Gasteiger partial charge >= 0.3 is 5.97 Å². The summed E-state index contributed by atoms with van der Waals surface area (Å²) in [5.74, 6) is -0.984. The van der Waals surface area contributed by atoms with Crippen LogP contribution >= 0.6 is 0 Å². The molecule has 0 atom stereocenters. The highest BCUT2D eigenvalue weighted by molar-refractivity contribution is 5.78. The van der Waals surface area contributed by atoms with Crippen LogP contribution in [0.4, 0.5) is 0 Å². The molecule has 0 saturated heterocycles. The number of rotatable bonds is 9. The van der Waals surface area contributed by atoms with Crippen LogP contribution in [0.3, 0.4) is 0 Å². The van der Waals surface area contributed by atoms with E-state index in [1.165, 1.54) is 0 Å². The molecule has 5 nitrogen and oxygen atoms in total. The number of aliphatic carboxylic acids is 1. The first-order chi connectivity index (χ1) is 7.87. The van der Waals surface area contributed by atoms with Crippen molar-refractivity contribution >= 4 is 11.9 Å². The zero-order valence-electron chi connectivity index (χ0n) is 10.8. The van der Waals surface area contributed by atoms with Gasteiger partial charge in [0.05, 0.1) is 6.42 Å². The minimum absolute atomic E-state index is 0.0636. The molecule has 0 spiro atoms. The molecule has 1 amide bonds. The molecule has 0 unspecified atom stereocenters. The average Bonchev–Trinajstić information content (AvgIpc) is 2.14. The number of carboxylic acid groups (broad SMARTS) is 1. The smallest absolute Gasteiger partial charge is 0.305 e. The molecule has 0 aliphatic heterocycles. The number of unbranched alkanes of at least 4 members (excludes halogenated alkanes) is 3. The van der Waals surface area contributed by atoms with Crippen LogP contribution in [0.5, 0.6) is 0 Å². The van der Waals surface area contributed by atoms with E-state index < -0.39 is 11.5 Å². The van der Waals surface area contributed by atoms with Gasteiger partial charge < -0.3 is 16.2 Å². The number of carbonyl (C=O) groups is 2. The lowest BCUT2D eigenvalue weighted by Gasteiger charge is -2.24. The SMILES string of the molecule is CC(C)(CC(=O)O)NC(=O)CCCCCCN. The second-order valence-corrected chi connectivity index (χ2v) is 4.96. The Labute approximate surface area is 103 Å². The fourth-order valence-electron chi connectivity index (χ4n) is 1.65. The van der Waals surface area contributed by atoms with E-state index in [0.29, 0.717) is 13.0 Å². The summed E-state index contributed by atoms with van der Waals surface area (Å²) in [7, 11) is 0. The lowest BCUT2D eigenvalue weighted by Crippen LogP contribution is -2.44. The maximum absolute atomic E-state index is 11.5. The van der Waals surface area contributed by atoms with Crippen molar-refractivity contribution in [3.05, 3.63) is 0 Å². The molecule has 5 heteroatoms. The van der Waals surface area contributed by atoms with E-state index in [0.717, 1.165) is 25.7 Å². The van der Waals surface area contributed by atoms with E-state index in [2.05, 4.69) is 5.32 Å². The number of carbonyl (C=O) groups excluding carboxylic acids is 1. The van der Waals surface area contributed by atoms with Gasteiger partial charge in [0.2, 0.25) is 5.91 Å². The largest absolute Gasteiger partial charge is 0.481 e. The van der Waals surface area contributed by atoms with Crippen molar-refractivity contribution in [1.82, 2.24) is 5.32 Å². The Hall–Kier alpha value is -1.10. The first-order valence-corrected chi connectivity index (χ1v) is 6.10. The van der Waals surface area contributed by atoms with Crippen LogP contribution in [0, 0.1) is 0 Å². The van der Waals surface area contributed by atoms with Crippen molar-refractivity contribution in [2.75, 3.05) is 6.54 Å². The van der Waals surface area contributed by atoms with E-state index in [9.17, 15) is 9.59 Å². The molecule has 100 valence electrons. The highest BCUT2D eigenvalue weighted by atomic mass is 16.4. The van der Waals surface area contributed by atoms with Gasteiger partial charge in [-0.25, -0.2) is 0 Å². The molecule has 0 bridgehead atoms. The average molecular weight is 244 g/mol. The van der Waals surface area contributed by atoms with Crippen LogP contribution in [0.25, 0.3) is 0 Å². The van der Waals surface area contributed by atoms with Crippen LogP contribution < -0.4 is 11.1 Å². The number of carboxylic acids is 1. The van der Waals surface area contributed by atoms with Crippen LogP contribution in [0.15, 0.2) is 0 Å². The summed E-state index contributed by atoms with van der Waals surface area (Å²) < 4.78 is 0. The van der Waals surface area contributed by atoms with Gasteiger partial charge in [-0.1, -0.05) is 12.8 Å². The van der Waals surface area contributed by atoms with E-state index in [1.807, 2.05) is 0 Å². The van der Waals surface area contributed by atoms with Crippen LogP contribution in [-0.2, 0) is 9.59 Å². The second-order valence-electron chi connectivity index (χ2n) is 4.96. The quantitative estimate of drug-likeness (QED) is 0.532. The third-order valence-electron chi connectivity index (χ3n) is 2.43. The standard InChI is InChI=1S/C12H24N2O3/c1-12(2,9-11(16)17)14-10(15)7-5-3-4-6-8-13/h3-9,13H2,1-2H3,(H,14,15)(H,16,17). The first kappa shape index (κ1) is 15.9. The topological polar surface area (TPSA) is 92.4 Å². The molecule has 0 fully saturated rings. The first-order valence-electron chi connectivity index (χ1n) is 6.10. The lowest BCUT2D eigenvalue weighted by molar-refractivity contribution is -0.138. The number of hydrogen-bond acceptors (Lipinski definition) is 3. The number of nitrogens with one attached hydrogen (secondary N) is 1.